The Morgan fingerprint density at radius 3 is 0.775 bits per heavy atom. The highest BCUT2D eigenvalue weighted by Crippen LogP contribution is 2.13. The highest BCUT2D eigenvalue weighted by Gasteiger charge is 1.97. The smallest absolute Gasteiger partial charge is 0.0701 e. The molecule has 242 valence electrons. The fraction of sp³-hybridized carbons (Fsp3) is 1.00. The van der Waals surface area contributed by atoms with Crippen molar-refractivity contribution in [3.8, 4) is 0 Å². The highest BCUT2D eigenvalue weighted by molar-refractivity contribution is 9.09. The molecule has 0 saturated carbocycles. The van der Waals surface area contributed by atoms with Crippen LogP contribution in [-0.4, -0.2) is 97.8 Å². The zero-order valence-corrected chi connectivity index (χ0v) is 27.7. The number of hydrogen-bond donors (Lipinski definition) is 0. The average molecular weight is 642 g/mol. The lowest BCUT2D eigenvalue weighted by atomic mass is 10.0. The largest absolute Gasteiger partial charge is 0.379 e. The number of ether oxygens (including phenoxy) is 7. The van der Waals surface area contributed by atoms with Gasteiger partial charge in [0, 0.05) is 11.9 Å². The molecule has 0 N–H and O–H groups in total. The molecule has 0 aromatic carbocycles. The predicted octanol–water partition coefficient (Wildman–Crippen LogP) is 7.76. The molecule has 0 fully saturated rings. The van der Waals surface area contributed by atoms with Crippen LogP contribution in [-0.2, 0) is 33.2 Å². The van der Waals surface area contributed by atoms with E-state index < -0.39 is 0 Å². The van der Waals surface area contributed by atoms with Gasteiger partial charge in [-0.2, -0.15) is 0 Å². The number of alkyl halides is 1. The van der Waals surface area contributed by atoms with Crippen molar-refractivity contribution in [1.29, 1.82) is 0 Å². The lowest BCUT2D eigenvalue weighted by molar-refractivity contribution is -0.0201. The normalized spacial score (nSPS) is 11.6. The Morgan fingerprint density at radius 1 is 0.275 bits per heavy atom. The Kier molecular flexibility index (Phi) is 39.4. The number of rotatable bonds is 37. The van der Waals surface area contributed by atoms with Crippen LogP contribution in [0, 0.1) is 0 Å². The van der Waals surface area contributed by atoms with Crippen LogP contribution in [0.3, 0.4) is 0 Å². The molecule has 0 saturated heterocycles. The second-order valence-corrected chi connectivity index (χ2v) is 11.1. The summed E-state index contributed by atoms with van der Waals surface area (Å²) in [6.45, 7) is 10.9. The fourth-order valence-corrected chi connectivity index (χ4v) is 4.46. The zero-order valence-electron chi connectivity index (χ0n) is 26.2. The Morgan fingerprint density at radius 2 is 0.500 bits per heavy atom. The molecule has 0 amide bonds. The van der Waals surface area contributed by atoms with Gasteiger partial charge in [0.25, 0.3) is 0 Å². The first-order chi connectivity index (χ1) is 19.9. The van der Waals surface area contributed by atoms with Crippen molar-refractivity contribution in [2.75, 3.05) is 97.8 Å². The predicted molar refractivity (Wildman–Crippen MR) is 169 cm³/mol. The summed E-state index contributed by atoms with van der Waals surface area (Å²) >= 11 is 3.31. The number of unbranched alkanes of at least 4 members (excludes halogenated alkanes) is 15. The van der Waals surface area contributed by atoms with E-state index in [0.29, 0.717) is 85.9 Å². The minimum absolute atomic E-state index is 0.560. The van der Waals surface area contributed by atoms with Gasteiger partial charge < -0.3 is 33.2 Å². The van der Waals surface area contributed by atoms with E-state index in [4.69, 9.17) is 33.2 Å². The molecular formula is C32H65BrO7. The number of hydrogen-bond acceptors (Lipinski definition) is 7. The third kappa shape index (κ3) is 38.2. The van der Waals surface area contributed by atoms with E-state index >= 15 is 0 Å². The van der Waals surface area contributed by atoms with Crippen molar-refractivity contribution < 1.29 is 33.2 Å². The second-order valence-electron chi connectivity index (χ2n) is 10.3. The maximum absolute atomic E-state index is 5.67. The molecule has 0 unspecified atom stereocenters. The van der Waals surface area contributed by atoms with Crippen molar-refractivity contribution in [3.05, 3.63) is 0 Å². The van der Waals surface area contributed by atoms with Gasteiger partial charge in [0.15, 0.2) is 0 Å². The topological polar surface area (TPSA) is 64.6 Å². The van der Waals surface area contributed by atoms with Crippen LogP contribution in [0.2, 0.25) is 0 Å². The quantitative estimate of drug-likeness (QED) is 0.0508. The Hall–Kier alpha value is 0.200. The first kappa shape index (κ1) is 40.2. The molecule has 0 spiro atoms. The minimum Gasteiger partial charge on any atom is -0.379 e. The van der Waals surface area contributed by atoms with Crippen molar-refractivity contribution in [1.82, 2.24) is 0 Å². The molecule has 0 rings (SSSR count). The molecule has 0 bridgehead atoms. The van der Waals surface area contributed by atoms with Gasteiger partial charge in [-0.1, -0.05) is 119 Å². The Labute approximate surface area is 256 Å². The minimum atomic E-state index is 0.560. The van der Waals surface area contributed by atoms with Gasteiger partial charge in [0.2, 0.25) is 0 Å². The van der Waals surface area contributed by atoms with Gasteiger partial charge >= 0.3 is 0 Å². The van der Waals surface area contributed by atoms with E-state index in [1.54, 1.807) is 0 Å². The second kappa shape index (κ2) is 39.2. The lowest BCUT2D eigenvalue weighted by Gasteiger charge is -2.08. The highest BCUT2D eigenvalue weighted by atomic mass is 79.9. The van der Waals surface area contributed by atoms with Crippen LogP contribution >= 0.6 is 15.9 Å². The zero-order chi connectivity index (χ0) is 28.9. The summed E-state index contributed by atoms with van der Waals surface area (Å²) in [7, 11) is 0. The van der Waals surface area contributed by atoms with Crippen LogP contribution in [0.15, 0.2) is 0 Å². The molecule has 8 heteroatoms. The summed E-state index contributed by atoms with van der Waals surface area (Å²) in [5.74, 6) is 0. The van der Waals surface area contributed by atoms with E-state index in [-0.39, 0.29) is 0 Å². The molecule has 0 aliphatic rings. The van der Waals surface area contributed by atoms with Crippen LogP contribution < -0.4 is 0 Å². The third-order valence-electron chi connectivity index (χ3n) is 6.60. The summed E-state index contributed by atoms with van der Waals surface area (Å²) < 4.78 is 38.4. The van der Waals surface area contributed by atoms with Gasteiger partial charge in [-0.05, 0) is 6.42 Å². The van der Waals surface area contributed by atoms with Crippen LogP contribution in [0.4, 0.5) is 0 Å². The summed E-state index contributed by atoms with van der Waals surface area (Å²) in [6, 6.07) is 0. The maximum Gasteiger partial charge on any atom is 0.0701 e. The fourth-order valence-electron chi connectivity index (χ4n) is 4.23. The van der Waals surface area contributed by atoms with Crippen molar-refractivity contribution in [2.24, 2.45) is 0 Å². The molecule has 0 aromatic heterocycles. The van der Waals surface area contributed by atoms with Gasteiger partial charge in [0.1, 0.15) is 0 Å². The summed E-state index contributed by atoms with van der Waals surface area (Å²) in [6.07, 6.45) is 22.3. The van der Waals surface area contributed by atoms with E-state index in [0.717, 1.165) is 18.4 Å². The molecule has 0 atom stereocenters. The molecule has 0 radical (unpaired) electrons. The Balaban J connectivity index is 3.01. The van der Waals surface area contributed by atoms with Crippen molar-refractivity contribution in [3.63, 3.8) is 0 Å². The maximum atomic E-state index is 5.67. The summed E-state index contributed by atoms with van der Waals surface area (Å²) in [5.41, 5.74) is 0. The molecule has 40 heavy (non-hydrogen) atoms. The van der Waals surface area contributed by atoms with Gasteiger partial charge in [0.05, 0.1) is 85.9 Å². The molecular weight excluding hydrogens is 576 g/mol. The van der Waals surface area contributed by atoms with Gasteiger partial charge in [-0.15, -0.1) is 0 Å². The van der Waals surface area contributed by atoms with Gasteiger partial charge in [-0.25, -0.2) is 0 Å². The average Bonchev–Trinajstić information content (AvgIpc) is 2.97. The first-order valence-electron chi connectivity index (χ1n) is 16.5. The summed E-state index contributed by atoms with van der Waals surface area (Å²) in [4.78, 5) is 0. The molecule has 0 aliphatic heterocycles. The van der Waals surface area contributed by atoms with Crippen molar-refractivity contribution in [2.45, 2.75) is 110 Å². The molecule has 7 nitrogen and oxygen atoms in total. The van der Waals surface area contributed by atoms with Gasteiger partial charge in [-0.3, -0.25) is 0 Å². The lowest BCUT2D eigenvalue weighted by Crippen LogP contribution is -2.14. The molecule has 0 aliphatic carbocycles. The van der Waals surface area contributed by atoms with Crippen LogP contribution in [0.5, 0.6) is 0 Å². The van der Waals surface area contributed by atoms with Crippen LogP contribution in [0.1, 0.15) is 110 Å². The van der Waals surface area contributed by atoms with E-state index in [2.05, 4.69) is 22.9 Å². The SMILES string of the molecule is CCCCCCCCCCCCCCCCCCOCCOCCOCCOCCOCCOCCOCCBr. The van der Waals surface area contributed by atoms with Crippen molar-refractivity contribution >= 4 is 15.9 Å². The molecule has 0 aromatic rings. The van der Waals surface area contributed by atoms with E-state index in [9.17, 15) is 0 Å². The third-order valence-corrected chi connectivity index (χ3v) is 6.92. The monoisotopic (exact) mass is 640 g/mol. The van der Waals surface area contributed by atoms with Crippen LogP contribution in [0.25, 0.3) is 0 Å². The number of halogens is 1. The standard InChI is InChI=1S/C32H65BrO7/c1-2-3-4-5-6-7-8-9-10-11-12-13-14-15-16-17-19-34-21-23-36-25-27-38-29-31-40-32-30-39-28-26-37-24-22-35-20-18-33/h2-32H2,1H3. The molecule has 0 heterocycles. The Bertz CT molecular complexity index is 394. The van der Waals surface area contributed by atoms with E-state index in [1.165, 1.54) is 96.3 Å². The summed E-state index contributed by atoms with van der Waals surface area (Å²) in [5, 5.41) is 0.851. The first-order valence-corrected chi connectivity index (χ1v) is 17.6. The van der Waals surface area contributed by atoms with E-state index in [1.807, 2.05) is 0 Å².